The minimum Gasteiger partial charge on any atom is -0.479 e. The van der Waals surface area contributed by atoms with Crippen LogP contribution in [0.5, 0.6) is 5.75 Å². The zero-order valence-electron chi connectivity index (χ0n) is 10.8. The molecule has 19 heavy (non-hydrogen) atoms. The van der Waals surface area contributed by atoms with E-state index < -0.39 is 17.0 Å². The molecule has 0 aliphatic heterocycles. The number of rotatable bonds is 6. The number of allylic oxidation sites excluding steroid dienone is 1. The summed E-state index contributed by atoms with van der Waals surface area (Å²) >= 11 is 0. The van der Waals surface area contributed by atoms with Crippen LogP contribution in [0.3, 0.4) is 0 Å². The zero-order chi connectivity index (χ0) is 14.6. The predicted octanol–water partition coefficient (Wildman–Crippen LogP) is 2.48. The Balaban J connectivity index is 3.36. The van der Waals surface area contributed by atoms with Crippen molar-refractivity contribution in [2.45, 2.75) is 26.4 Å². The number of carbonyl (C=O) groups is 1. The number of carboxylic acids is 1. The van der Waals surface area contributed by atoms with E-state index >= 15 is 0 Å². The van der Waals surface area contributed by atoms with Gasteiger partial charge in [-0.05, 0) is 25.8 Å². The Morgan fingerprint density at radius 2 is 2.26 bits per heavy atom. The molecule has 0 heterocycles. The number of ether oxygens (including phenoxy) is 1. The largest absolute Gasteiger partial charge is 0.479 e. The van der Waals surface area contributed by atoms with Crippen molar-refractivity contribution in [1.82, 2.24) is 0 Å². The number of nitro benzene ring substituents is 1. The molecular weight excluding hydrogens is 250 g/mol. The topological polar surface area (TPSA) is 89.7 Å². The molecular formula is C13H15NO5. The first-order chi connectivity index (χ1) is 8.88. The number of nitro groups is 1. The van der Waals surface area contributed by atoms with Gasteiger partial charge in [0.25, 0.3) is 0 Å². The van der Waals surface area contributed by atoms with Crippen molar-refractivity contribution in [1.29, 1.82) is 0 Å². The van der Waals surface area contributed by atoms with Gasteiger partial charge >= 0.3 is 11.7 Å². The van der Waals surface area contributed by atoms with Crippen molar-refractivity contribution >= 4 is 11.7 Å². The van der Waals surface area contributed by atoms with Gasteiger partial charge in [-0.2, -0.15) is 0 Å². The van der Waals surface area contributed by atoms with Crippen molar-refractivity contribution in [3.63, 3.8) is 0 Å². The van der Waals surface area contributed by atoms with Crippen molar-refractivity contribution in [2.24, 2.45) is 0 Å². The molecule has 0 aliphatic carbocycles. The highest BCUT2D eigenvalue weighted by atomic mass is 16.6. The Morgan fingerprint density at radius 3 is 2.74 bits per heavy atom. The highest BCUT2D eigenvalue weighted by Crippen LogP contribution is 2.34. The SMILES string of the molecule is C=CCc1c(C)ccc([N+](=O)[O-])c1OC(C)C(=O)O. The fourth-order valence-corrected chi connectivity index (χ4v) is 1.61. The highest BCUT2D eigenvalue weighted by Gasteiger charge is 2.24. The monoisotopic (exact) mass is 265 g/mol. The molecule has 0 fully saturated rings. The van der Waals surface area contributed by atoms with Crippen molar-refractivity contribution < 1.29 is 19.6 Å². The van der Waals surface area contributed by atoms with Gasteiger partial charge in [0, 0.05) is 11.6 Å². The Labute approximate surface area is 110 Å². The molecule has 1 atom stereocenters. The normalized spacial score (nSPS) is 11.7. The zero-order valence-corrected chi connectivity index (χ0v) is 10.8. The second-order valence-electron chi connectivity index (χ2n) is 4.06. The summed E-state index contributed by atoms with van der Waals surface area (Å²) in [5.74, 6) is -1.18. The highest BCUT2D eigenvalue weighted by molar-refractivity contribution is 5.72. The maximum Gasteiger partial charge on any atom is 0.344 e. The molecule has 0 amide bonds. The lowest BCUT2D eigenvalue weighted by atomic mass is 10.0. The predicted molar refractivity (Wildman–Crippen MR) is 69.5 cm³/mol. The van der Waals surface area contributed by atoms with Crippen LogP contribution in [0.15, 0.2) is 24.8 Å². The second-order valence-corrected chi connectivity index (χ2v) is 4.06. The van der Waals surface area contributed by atoms with Gasteiger partial charge in [0.1, 0.15) is 0 Å². The molecule has 0 aromatic heterocycles. The van der Waals surface area contributed by atoms with E-state index in [-0.39, 0.29) is 11.4 Å². The van der Waals surface area contributed by atoms with E-state index in [2.05, 4.69) is 6.58 Å². The summed E-state index contributed by atoms with van der Waals surface area (Å²) in [6.07, 6.45) is 0.795. The quantitative estimate of drug-likeness (QED) is 0.485. The van der Waals surface area contributed by atoms with Crippen LogP contribution in [0.25, 0.3) is 0 Å². The molecule has 1 unspecified atom stereocenters. The van der Waals surface area contributed by atoms with E-state index in [1.54, 1.807) is 19.1 Å². The summed E-state index contributed by atoms with van der Waals surface area (Å²) in [6.45, 7) is 6.69. The van der Waals surface area contributed by atoms with Crippen LogP contribution in [0.1, 0.15) is 18.1 Å². The summed E-state index contributed by atoms with van der Waals surface area (Å²) in [6, 6.07) is 2.92. The maximum absolute atomic E-state index is 11.0. The van der Waals surface area contributed by atoms with Gasteiger partial charge in [-0.25, -0.2) is 4.79 Å². The van der Waals surface area contributed by atoms with Crippen LogP contribution in [0.4, 0.5) is 5.69 Å². The first-order valence-corrected chi connectivity index (χ1v) is 5.65. The first-order valence-electron chi connectivity index (χ1n) is 5.65. The number of aryl methyl sites for hydroxylation is 1. The average molecular weight is 265 g/mol. The second kappa shape index (κ2) is 5.99. The summed E-state index contributed by atoms with van der Waals surface area (Å²) in [5.41, 5.74) is 1.13. The van der Waals surface area contributed by atoms with E-state index in [4.69, 9.17) is 9.84 Å². The number of carboxylic acid groups (broad SMARTS) is 1. The third-order valence-corrected chi connectivity index (χ3v) is 2.66. The van der Waals surface area contributed by atoms with Gasteiger partial charge in [-0.15, -0.1) is 6.58 Å². The molecule has 6 heteroatoms. The molecule has 1 rings (SSSR count). The molecule has 0 bridgehead atoms. The molecule has 0 saturated heterocycles. The number of hydrogen-bond donors (Lipinski definition) is 1. The van der Waals surface area contributed by atoms with Gasteiger partial charge in [0.2, 0.25) is 5.75 Å². The number of aliphatic carboxylic acids is 1. The van der Waals surface area contributed by atoms with Crippen LogP contribution in [0, 0.1) is 17.0 Å². The van der Waals surface area contributed by atoms with Crippen molar-refractivity contribution in [2.75, 3.05) is 0 Å². The summed E-state index contributed by atoms with van der Waals surface area (Å²) < 4.78 is 5.24. The van der Waals surface area contributed by atoms with Gasteiger partial charge in [0.15, 0.2) is 6.10 Å². The molecule has 0 spiro atoms. The number of nitrogens with zero attached hydrogens (tertiary/aromatic N) is 1. The standard InChI is InChI=1S/C13H15NO5/c1-4-5-10-8(2)6-7-11(14(17)18)12(10)19-9(3)13(15)16/h4,6-7,9H,1,5H2,2-3H3,(H,15,16). The van der Waals surface area contributed by atoms with Crippen LogP contribution in [-0.4, -0.2) is 22.1 Å². The summed E-state index contributed by atoms with van der Waals surface area (Å²) in [7, 11) is 0. The average Bonchev–Trinajstić information content (AvgIpc) is 2.33. The molecule has 0 aliphatic rings. The van der Waals surface area contributed by atoms with Gasteiger partial charge in [-0.1, -0.05) is 12.1 Å². The third kappa shape index (κ3) is 3.31. The lowest BCUT2D eigenvalue weighted by Crippen LogP contribution is -2.24. The van der Waals surface area contributed by atoms with E-state index in [0.29, 0.717) is 12.0 Å². The molecule has 1 aromatic rings. The summed E-state index contributed by atoms with van der Waals surface area (Å²) in [4.78, 5) is 21.2. The lowest BCUT2D eigenvalue weighted by Gasteiger charge is -2.15. The van der Waals surface area contributed by atoms with E-state index in [9.17, 15) is 14.9 Å². The lowest BCUT2D eigenvalue weighted by molar-refractivity contribution is -0.386. The van der Waals surface area contributed by atoms with Crippen molar-refractivity contribution in [3.05, 3.63) is 46.0 Å². The van der Waals surface area contributed by atoms with E-state index in [1.807, 2.05) is 0 Å². The molecule has 0 radical (unpaired) electrons. The molecule has 1 aromatic carbocycles. The number of hydrogen-bond acceptors (Lipinski definition) is 4. The Bertz CT molecular complexity index is 524. The van der Waals surface area contributed by atoms with Gasteiger partial charge in [-0.3, -0.25) is 10.1 Å². The van der Waals surface area contributed by atoms with Crippen molar-refractivity contribution in [3.8, 4) is 5.75 Å². The fraction of sp³-hybridized carbons (Fsp3) is 0.308. The third-order valence-electron chi connectivity index (χ3n) is 2.66. The molecule has 0 saturated carbocycles. The Hall–Kier alpha value is -2.37. The smallest absolute Gasteiger partial charge is 0.344 e. The van der Waals surface area contributed by atoms with Crippen LogP contribution < -0.4 is 4.74 Å². The van der Waals surface area contributed by atoms with Crippen LogP contribution in [-0.2, 0) is 11.2 Å². The van der Waals surface area contributed by atoms with Gasteiger partial charge in [0.05, 0.1) is 4.92 Å². The van der Waals surface area contributed by atoms with E-state index in [0.717, 1.165) is 5.56 Å². The van der Waals surface area contributed by atoms with Crippen LogP contribution in [0.2, 0.25) is 0 Å². The minimum atomic E-state index is -1.18. The Morgan fingerprint density at radius 1 is 1.63 bits per heavy atom. The summed E-state index contributed by atoms with van der Waals surface area (Å²) in [5, 5.41) is 19.8. The fourth-order valence-electron chi connectivity index (χ4n) is 1.61. The minimum absolute atomic E-state index is 0.000185. The molecule has 1 N–H and O–H groups in total. The first kappa shape index (κ1) is 14.7. The van der Waals surface area contributed by atoms with Gasteiger partial charge < -0.3 is 9.84 Å². The number of benzene rings is 1. The maximum atomic E-state index is 11.0. The van der Waals surface area contributed by atoms with Crippen LogP contribution >= 0.6 is 0 Å². The molecule has 6 nitrogen and oxygen atoms in total. The van der Waals surface area contributed by atoms with E-state index in [1.165, 1.54) is 13.0 Å². The molecule has 102 valence electrons. The Kier molecular flexibility index (Phi) is 4.63.